The molecule has 5 heteroatoms. The third kappa shape index (κ3) is 6.25. The highest BCUT2D eigenvalue weighted by Crippen LogP contribution is 2.15. The minimum absolute atomic E-state index is 0.609. The molecule has 0 aromatic carbocycles. The lowest BCUT2D eigenvalue weighted by Crippen LogP contribution is -2.44. The van der Waals surface area contributed by atoms with Crippen molar-refractivity contribution < 1.29 is 0 Å². The Labute approximate surface area is 150 Å². The van der Waals surface area contributed by atoms with Crippen molar-refractivity contribution in [3.05, 3.63) is 0 Å². The van der Waals surface area contributed by atoms with E-state index in [1.807, 2.05) is 7.05 Å². The van der Waals surface area contributed by atoms with Crippen molar-refractivity contribution in [1.29, 1.82) is 0 Å². The van der Waals surface area contributed by atoms with Gasteiger partial charge in [0.05, 0.1) is 0 Å². The van der Waals surface area contributed by atoms with E-state index in [9.17, 15) is 0 Å². The first-order valence-electron chi connectivity index (χ1n) is 9.89. The Morgan fingerprint density at radius 3 is 2.29 bits per heavy atom. The molecule has 0 spiro atoms. The van der Waals surface area contributed by atoms with Gasteiger partial charge in [0.15, 0.2) is 5.96 Å². The van der Waals surface area contributed by atoms with Crippen molar-refractivity contribution in [3.8, 4) is 0 Å². The van der Waals surface area contributed by atoms with Gasteiger partial charge in [-0.1, -0.05) is 13.8 Å². The van der Waals surface area contributed by atoms with E-state index in [4.69, 9.17) is 0 Å². The van der Waals surface area contributed by atoms with Gasteiger partial charge in [0.1, 0.15) is 0 Å². The van der Waals surface area contributed by atoms with Crippen LogP contribution in [0.2, 0.25) is 0 Å². The molecule has 0 amide bonds. The number of likely N-dealkylation sites (N-methyl/N-ethyl adjacent to an activating group) is 1. The molecule has 0 bridgehead atoms. The molecule has 1 fully saturated rings. The largest absolute Gasteiger partial charge is 0.356 e. The van der Waals surface area contributed by atoms with Crippen molar-refractivity contribution in [2.24, 2.45) is 4.99 Å². The summed E-state index contributed by atoms with van der Waals surface area (Å²) in [5.41, 5.74) is 0. The number of nitrogens with one attached hydrogen (secondary N) is 1. The van der Waals surface area contributed by atoms with E-state index in [0.29, 0.717) is 18.1 Å². The number of rotatable bonds is 9. The first-order valence-corrected chi connectivity index (χ1v) is 9.89. The normalized spacial score (nSPS) is 19.4. The van der Waals surface area contributed by atoms with Crippen LogP contribution in [0.5, 0.6) is 0 Å². The maximum absolute atomic E-state index is 4.50. The van der Waals surface area contributed by atoms with Crippen molar-refractivity contribution >= 4 is 5.96 Å². The van der Waals surface area contributed by atoms with Crippen LogP contribution in [-0.4, -0.2) is 85.1 Å². The Bertz CT molecular complexity index is 355. The summed E-state index contributed by atoms with van der Waals surface area (Å²) in [7, 11) is 1.90. The van der Waals surface area contributed by atoms with Gasteiger partial charge in [-0.2, -0.15) is 0 Å². The Balaban J connectivity index is 2.38. The summed E-state index contributed by atoms with van der Waals surface area (Å²) >= 11 is 0. The summed E-state index contributed by atoms with van der Waals surface area (Å²) in [5.74, 6) is 1.07. The Morgan fingerprint density at radius 2 is 1.79 bits per heavy atom. The molecule has 24 heavy (non-hydrogen) atoms. The minimum atomic E-state index is 0.609. The standard InChI is InChI=1S/C19H41N5/c1-8-22(9-2)18-11-14-23(15-18)19(20-7)21-12-10-13-24(16(3)4)17(5)6/h16-18H,8-15H2,1-7H3,(H,20,21). The molecule has 1 aliphatic heterocycles. The number of hydrogen-bond donors (Lipinski definition) is 1. The van der Waals surface area contributed by atoms with Crippen LogP contribution >= 0.6 is 0 Å². The predicted octanol–water partition coefficient (Wildman–Crippen LogP) is 2.49. The Hall–Kier alpha value is -0.810. The molecule has 0 radical (unpaired) electrons. The van der Waals surface area contributed by atoms with Gasteiger partial charge in [0, 0.05) is 51.4 Å². The predicted molar refractivity (Wildman–Crippen MR) is 106 cm³/mol. The van der Waals surface area contributed by atoms with Gasteiger partial charge in [0.25, 0.3) is 0 Å². The van der Waals surface area contributed by atoms with E-state index in [1.54, 1.807) is 0 Å². The van der Waals surface area contributed by atoms with E-state index in [-0.39, 0.29) is 0 Å². The molecular weight excluding hydrogens is 298 g/mol. The molecule has 1 heterocycles. The van der Waals surface area contributed by atoms with Crippen molar-refractivity contribution in [2.45, 2.75) is 72.5 Å². The van der Waals surface area contributed by atoms with Crippen LogP contribution in [0.25, 0.3) is 0 Å². The zero-order chi connectivity index (χ0) is 18.1. The highest BCUT2D eigenvalue weighted by molar-refractivity contribution is 5.80. The fourth-order valence-corrected chi connectivity index (χ4v) is 3.88. The molecule has 1 rings (SSSR count). The molecule has 0 aromatic rings. The molecule has 5 nitrogen and oxygen atoms in total. The summed E-state index contributed by atoms with van der Waals surface area (Å²) in [5, 5.41) is 3.57. The zero-order valence-corrected chi connectivity index (χ0v) is 17.2. The average molecular weight is 340 g/mol. The number of guanidine groups is 1. The third-order valence-electron chi connectivity index (χ3n) is 5.21. The van der Waals surface area contributed by atoms with Crippen LogP contribution in [0.3, 0.4) is 0 Å². The van der Waals surface area contributed by atoms with Crippen LogP contribution in [0, 0.1) is 0 Å². The van der Waals surface area contributed by atoms with E-state index in [1.165, 1.54) is 6.42 Å². The average Bonchev–Trinajstić information content (AvgIpc) is 3.01. The van der Waals surface area contributed by atoms with Crippen LogP contribution in [0.4, 0.5) is 0 Å². The highest BCUT2D eigenvalue weighted by atomic mass is 15.3. The molecule has 1 atom stereocenters. The van der Waals surface area contributed by atoms with Crippen molar-refractivity contribution in [2.75, 3.05) is 46.3 Å². The molecule has 1 unspecified atom stereocenters. The highest BCUT2D eigenvalue weighted by Gasteiger charge is 2.27. The first-order chi connectivity index (χ1) is 11.4. The molecule has 0 aliphatic carbocycles. The molecular formula is C19H41N5. The zero-order valence-electron chi connectivity index (χ0n) is 17.2. The summed E-state index contributed by atoms with van der Waals surface area (Å²) in [6, 6.07) is 1.89. The smallest absolute Gasteiger partial charge is 0.193 e. The minimum Gasteiger partial charge on any atom is -0.356 e. The van der Waals surface area contributed by atoms with Gasteiger partial charge in [-0.05, 0) is 53.6 Å². The first kappa shape index (κ1) is 21.2. The maximum atomic E-state index is 4.50. The van der Waals surface area contributed by atoms with Crippen LogP contribution < -0.4 is 5.32 Å². The third-order valence-corrected chi connectivity index (χ3v) is 5.21. The van der Waals surface area contributed by atoms with Gasteiger partial charge in [-0.25, -0.2) is 0 Å². The van der Waals surface area contributed by atoms with E-state index in [2.05, 4.69) is 66.6 Å². The number of hydrogen-bond acceptors (Lipinski definition) is 3. The SMILES string of the molecule is CCN(CC)C1CCN(C(=NC)NCCCN(C(C)C)C(C)C)C1. The summed E-state index contributed by atoms with van der Waals surface area (Å²) in [4.78, 5) is 12.0. The summed E-state index contributed by atoms with van der Waals surface area (Å²) in [6.45, 7) is 20.3. The van der Waals surface area contributed by atoms with Crippen molar-refractivity contribution in [3.63, 3.8) is 0 Å². The van der Waals surface area contributed by atoms with E-state index >= 15 is 0 Å². The molecule has 0 saturated carbocycles. The van der Waals surface area contributed by atoms with Crippen LogP contribution in [0.15, 0.2) is 4.99 Å². The lowest BCUT2D eigenvalue weighted by atomic mass is 10.2. The molecule has 1 saturated heterocycles. The topological polar surface area (TPSA) is 34.1 Å². The van der Waals surface area contributed by atoms with Crippen LogP contribution in [0.1, 0.15) is 54.4 Å². The van der Waals surface area contributed by atoms with Gasteiger partial charge >= 0.3 is 0 Å². The summed E-state index contributed by atoms with van der Waals surface area (Å²) < 4.78 is 0. The van der Waals surface area contributed by atoms with Crippen molar-refractivity contribution in [1.82, 2.24) is 20.0 Å². The Kier molecular flexibility index (Phi) is 9.67. The lowest BCUT2D eigenvalue weighted by Gasteiger charge is -2.31. The molecule has 142 valence electrons. The van der Waals surface area contributed by atoms with Gasteiger partial charge in [-0.15, -0.1) is 0 Å². The second-order valence-electron chi connectivity index (χ2n) is 7.36. The molecule has 0 aromatic heterocycles. The molecule has 1 aliphatic rings. The quantitative estimate of drug-likeness (QED) is 0.398. The van der Waals surface area contributed by atoms with E-state index < -0.39 is 0 Å². The maximum Gasteiger partial charge on any atom is 0.193 e. The lowest BCUT2D eigenvalue weighted by molar-refractivity contribution is 0.173. The van der Waals surface area contributed by atoms with Gasteiger partial charge in [-0.3, -0.25) is 14.8 Å². The number of nitrogens with zero attached hydrogens (tertiary/aromatic N) is 4. The van der Waals surface area contributed by atoms with Crippen LogP contribution in [-0.2, 0) is 0 Å². The fraction of sp³-hybridized carbons (Fsp3) is 0.947. The number of likely N-dealkylation sites (tertiary alicyclic amines) is 1. The fourth-order valence-electron chi connectivity index (χ4n) is 3.88. The Morgan fingerprint density at radius 1 is 1.17 bits per heavy atom. The van der Waals surface area contributed by atoms with Gasteiger partial charge < -0.3 is 10.2 Å². The monoisotopic (exact) mass is 339 g/mol. The van der Waals surface area contributed by atoms with E-state index in [0.717, 1.165) is 51.6 Å². The van der Waals surface area contributed by atoms with Gasteiger partial charge in [0.2, 0.25) is 0 Å². The second kappa shape index (κ2) is 10.9. The number of aliphatic imine (C=N–C) groups is 1. The summed E-state index contributed by atoms with van der Waals surface area (Å²) in [6.07, 6.45) is 2.40. The molecule has 1 N–H and O–H groups in total. The second-order valence-corrected chi connectivity index (χ2v) is 7.36.